The van der Waals surface area contributed by atoms with Gasteiger partial charge in [0.25, 0.3) is 5.91 Å². The molecule has 1 heterocycles. The van der Waals surface area contributed by atoms with Gasteiger partial charge in [0.05, 0.1) is 25.4 Å². The first-order chi connectivity index (χ1) is 9.72. The summed E-state index contributed by atoms with van der Waals surface area (Å²) < 4.78 is 12.3. The van der Waals surface area contributed by atoms with Crippen LogP contribution in [0.25, 0.3) is 0 Å². The summed E-state index contributed by atoms with van der Waals surface area (Å²) in [5, 5.41) is 3.10. The predicted molar refractivity (Wildman–Crippen MR) is 78.7 cm³/mol. The number of ether oxygens (including phenoxy) is 2. The quantitative estimate of drug-likeness (QED) is 0.900. The summed E-state index contributed by atoms with van der Waals surface area (Å²) >= 11 is 3.38. The highest BCUT2D eigenvalue weighted by Gasteiger charge is 2.34. The van der Waals surface area contributed by atoms with Gasteiger partial charge < -0.3 is 14.8 Å². The van der Waals surface area contributed by atoms with E-state index in [1.54, 1.807) is 0 Å². The lowest BCUT2D eigenvalue weighted by Gasteiger charge is -2.39. The highest BCUT2D eigenvalue weighted by molar-refractivity contribution is 9.10. The van der Waals surface area contributed by atoms with E-state index in [1.165, 1.54) is 0 Å². The molecule has 1 aliphatic heterocycles. The van der Waals surface area contributed by atoms with Gasteiger partial charge in [-0.1, -0.05) is 22.0 Å². The number of benzene rings is 1. The monoisotopic (exact) mass is 339 g/mol. The Hall–Kier alpha value is -0.910. The number of hydrogen-bond acceptors (Lipinski definition) is 3. The van der Waals surface area contributed by atoms with E-state index in [2.05, 4.69) is 21.2 Å². The Morgan fingerprint density at radius 1 is 1.20 bits per heavy atom. The van der Waals surface area contributed by atoms with Crippen LogP contribution in [0.15, 0.2) is 28.7 Å². The zero-order valence-corrected chi connectivity index (χ0v) is 12.8. The number of hydrogen-bond donors (Lipinski definition) is 1. The smallest absolute Gasteiger partial charge is 0.251 e. The SMILES string of the molecule is O=C(N[C@@H]1CC[C@@H]2OCCO[C@H]2C1)c1cccc(Br)c1. The molecular weight excluding hydrogens is 322 g/mol. The molecule has 1 saturated heterocycles. The highest BCUT2D eigenvalue weighted by Crippen LogP contribution is 2.27. The van der Waals surface area contributed by atoms with Crippen molar-refractivity contribution >= 4 is 21.8 Å². The van der Waals surface area contributed by atoms with E-state index in [0.717, 1.165) is 23.7 Å². The van der Waals surface area contributed by atoms with Crippen LogP contribution in [0, 0.1) is 0 Å². The minimum atomic E-state index is -0.0218. The van der Waals surface area contributed by atoms with Crippen molar-refractivity contribution in [3.8, 4) is 0 Å². The lowest BCUT2D eigenvalue weighted by atomic mass is 9.89. The Bertz CT molecular complexity index is 494. The number of nitrogens with one attached hydrogen (secondary N) is 1. The van der Waals surface area contributed by atoms with E-state index in [4.69, 9.17) is 9.47 Å². The molecule has 5 heteroatoms. The van der Waals surface area contributed by atoms with Gasteiger partial charge in [0, 0.05) is 16.1 Å². The van der Waals surface area contributed by atoms with Crippen molar-refractivity contribution in [2.75, 3.05) is 13.2 Å². The van der Waals surface area contributed by atoms with Gasteiger partial charge in [-0.05, 0) is 37.5 Å². The van der Waals surface area contributed by atoms with Crippen LogP contribution < -0.4 is 5.32 Å². The summed E-state index contributed by atoms with van der Waals surface area (Å²) in [5.41, 5.74) is 0.683. The van der Waals surface area contributed by atoms with E-state index in [0.29, 0.717) is 18.8 Å². The predicted octanol–water partition coefficient (Wildman–Crippen LogP) is 2.52. The van der Waals surface area contributed by atoms with Crippen molar-refractivity contribution in [2.45, 2.75) is 37.5 Å². The molecule has 3 atom stereocenters. The van der Waals surface area contributed by atoms with Gasteiger partial charge in [-0.2, -0.15) is 0 Å². The number of carbonyl (C=O) groups excluding carboxylic acids is 1. The zero-order valence-electron chi connectivity index (χ0n) is 11.2. The molecule has 2 aliphatic rings. The normalized spacial score (nSPS) is 29.6. The van der Waals surface area contributed by atoms with Crippen LogP contribution in [-0.4, -0.2) is 37.4 Å². The van der Waals surface area contributed by atoms with Gasteiger partial charge in [-0.25, -0.2) is 0 Å². The minimum absolute atomic E-state index is 0.0218. The Morgan fingerprint density at radius 2 is 2.00 bits per heavy atom. The Morgan fingerprint density at radius 3 is 2.80 bits per heavy atom. The Labute approximate surface area is 127 Å². The van der Waals surface area contributed by atoms with E-state index in [-0.39, 0.29) is 24.2 Å². The summed E-state index contributed by atoms with van der Waals surface area (Å²) in [7, 11) is 0. The van der Waals surface area contributed by atoms with E-state index in [1.807, 2.05) is 24.3 Å². The van der Waals surface area contributed by atoms with E-state index < -0.39 is 0 Å². The molecule has 0 aromatic heterocycles. The Kier molecular flexibility index (Phi) is 4.38. The van der Waals surface area contributed by atoms with Gasteiger partial charge in [-0.3, -0.25) is 4.79 Å². The maximum absolute atomic E-state index is 12.2. The average molecular weight is 340 g/mol. The third kappa shape index (κ3) is 3.22. The summed E-state index contributed by atoms with van der Waals surface area (Å²) in [6.07, 6.45) is 3.08. The summed E-state index contributed by atoms with van der Waals surface area (Å²) in [5.74, 6) is -0.0218. The number of rotatable bonds is 2. The third-order valence-electron chi connectivity index (χ3n) is 3.90. The molecule has 1 aromatic carbocycles. The van der Waals surface area contributed by atoms with Crippen molar-refractivity contribution in [3.05, 3.63) is 34.3 Å². The summed E-state index contributed by atoms with van der Waals surface area (Å²) in [6.45, 7) is 1.35. The topological polar surface area (TPSA) is 47.6 Å². The molecule has 0 radical (unpaired) electrons. The number of carbonyl (C=O) groups is 1. The van der Waals surface area contributed by atoms with Crippen LogP contribution in [0.5, 0.6) is 0 Å². The van der Waals surface area contributed by atoms with E-state index >= 15 is 0 Å². The number of halogens is 1. The van der Waals surface area contributed by atoms with Crippen molar-refractivity contribution in [1.29, 1.82) is 0 Å². The first-order valence-electron chi connectivity index (χ1n) is 7.02. The van der Waals surface area contributed by atoms with Gasteiger partial charge in [0.2, 0.25) is 0 Å². The minimum Gasteiger partial charge on any atom is -0.373 e. The first-order valence-corrected chi connectivity index (χ1v) is 7.81. The lowest BCUT2D eigenvalue weighted by Crippen LogP contribution is -2.49. The zero-order chi connectivity index (χ0) is 13.9. The van der Waals surface area contributed by atoms with Crippen LogP contribution >= 0.6 is 15.9 Å². The molecule has 4 nitrogen and oxygen atoms in total. The molecule has 1 saturated carbocycles. The number of amides is 1. The van der Waals surface area contributed by atoms with Crippen LogP contribution in [0.3, 0.4) is 0 Å². The molecule has 3 rings (SSSR count). The Balaban J connectivity index is 1.59. The second-order valence-electron chi connectivity index (χ2n) is 5.31. The standard InChI is InChI=1S/C15H18BrNO3/c16-11-3-1-2-10(8-11)15(18)17-12-4-5-13-14(9-12)20-7-6-19-13/h1-3,8,12-14H,4-7,9H2,(H,17,18)/t12-,13+,14+/m1/s1. The molecule has 0 bridgehead atoms. The molecule has 108 valence electrons. The molecule has 1 aromatic rings. The average Bonchev–Trinajstić information content (AvgIpc) is 2.47. The fourth-order valence-corrected chi connectivity index (χ4v) is 3.30. The molecule has 2 fully saturated rings. The second kappa shape index (κ2) is 6.24. The van der Waals surface area contributed by atoms with Crippen molar-refractivity contribution in [2.24, 2.45) is 0 Å². The maximum atomic E-state index is 12.2. The molecular formula is C15H18BrNO3. The van der Waals surface area contributed by atoms with Gasteiger partial charge in [0.1, 0.15) is 0 Å². The van der Waals surface area contributed by atoms with Crippen molar-refractivity contribution in [3.63, 3.8) is 0 Å². The lowest BCUT2D eigenvalue weighted by molar-refractivity contribution is -0.157. The highest BCUT2D eigenvalue weighted by atomic mass is 79.9. The van der Waals surface area contributed by atoms with Crippen LogP contribution in [0.1, 0.15) is 29.6 Å². The van der Waals surface area contributed by atoms with Crippen LogP contribution in [-0.2, 0) is 9.47 Å². The molecule has 1 amide bonds. The molecule has 20 heavy (non-hydrogen) atoms. The third-order valence-corrected chi connectivity index (χ3v) is 4.39. The van der Waals surface area contributed by atoms with Crippen LogP contribution in [0.4, 0.5) is 0 Å². The summed E-state index contributed by atoms with van der Waals surface area (Å²) in [6, 6.07) is 7.61. The molecule has 1 N–H and O–H groups in total. The molecule has 1 aliphatic carbocycles. The maximum Gasteiger partial charge on any atom is 0.251 e. The fraction of sp³-hybridized carbons (Fsp3) is 0.533. The first kappa shape index (κ1) is 14.0. The second-order valence-corrected chi connectivity index (χ2v) is 6.23. The van der Waals surface area contributed by atoms with Gasteiger partial charge in [0.15, 0.2) is 0 Å². The largest absolute Gasteiger partial charge is 0.373 e. The molecule has 0 spiro atoms. The number of fused-ring (bicyclic) bond motifs is 1. The summed E-state index contributed by atoms with van der Waals surface area (Å²) in [4.78, 5) is 12.2. The van der Waals surface area contributed by atoms with Crippen molar-refractivity contribution < 1.29 is 14.3 Å². The van der Waals surface area contributed by atoms with Crippen LogP contribution in [0.2, 0.25) is 0 Å². The molecule has 0 unspecified atom stereocenters. The van der Waals surface area contributed by atoms with Crippen molar-refractivity contribution in [1.82, 2.24) is 5.32 Å². The van der Waals surface area contributed by atoms with Gasteiger partial charge in [-0.15, -0.1) is 0 Å². The fourth-order valence-electron chi connectivity index (χ4n) is 2.90. The van der Waals surface area contributed by atoms with E-state index in [9.17, 15) is 4.79 Å². The van der Waals surface area contributed by atoms with Gasteiger partial charge >= 0.3 is 0 Å².